The fraction of sp³-hybridized carbons (Fsp3) is 0.385. The monoisotopic (exact) mass is 477 g/mol. The highest BCUT2D eigenvalue weighted by Gasteiger charge is 2.52. The minimum Gasteiger partial charge on any atom is -0.361 e. The molecule has 0 bridgehead atoms. The molecule has 1 aliphatic carbocycles. The van der Waals surface area contributed by atoms with E-state index in [4.69, 9.17) is 11.1 Å². The van der Waals surface area contributed by atoms with Crippen LogP contribution in [-0.2, 0) is 5.54 Å². The Hall–Kier alpha value is -2.58. The van der Waals surface area contributed by atoms with Crippen molar-refractivity contribution < 1.29 is 4.52 Å². The van der Waals surface area contributed by atoms with Crippen molar-refractivity contribution >= 4 is 27.3 Å². The van der Waals surface area contributed by atoms with Crippen LogP contribution in [0.1, 0.15) is 48.3 Å². The van der Waals surface area contributed by atoms with Crippen molar-refractivity contribution in [3.63, 3.8) is 0 Å². The molecule has 0 N–H and O–H groups in total. The number of nitrogens with zero attached hydrogens (tertiary/aromatic N) is 3. The highest BCUT2D eigenvalue weighted by atomic mass is 79.9. The zero-order valence-corrected chi connectivity index (χ0v) is 20.0. The van der Waals surface area contributed by atoms with Crippen molar-refractivity contribution in [3.8, 4) is 11.1 Å². The fourth-order valence-electron chi connectivity index (χ4n) is 4.24. The molecule has 5 heteroatoms. The van der Waals surface area contributed by atoms with Crippen LogP contribution in [0.4, 0.5) is 11.4 Å². The van der Waals surface area contributed by atoms with Gasteiger partial charge in [-0.25, -0.2) is 6.57 Å². The largest absolute Gasteiger partial charge is 0.361 e. The summed E-state index contributed by atoms with van der Waals surface area (Å²) in [5.74, 6) is 0.844. The summed E-state index contributed by atoms with van der Waals surface area (Å²) in [6.45, 7) is 14.6. The van der Waals surface area contributed by atoms with E-state index in [0.717, 1.165) is 71.4 Å². The number of hydrogen-bond donors (Lipinski definition) is 0. The SMILES string of the molecule is [C-]#[N+]C1(c2ccc(N(CCCCBr)c3cc(-c4c(C)noc4C)ccc3C)cc2)CC1. The summed E-state index contributed by atoms with van der Waals surface area (Å²) in [6.07, 6.45) is 4.17. The van der Waals surface area contributed by atoms with Crippen molar-refractivity contribution in [3.05, 3.63) is 76.5 Å². The minimum absolute atomic E-state index is 0.265. The number of halogens is 1. The van der Waals surface area contributed by atoms with Gasteiger partial charge in [0, 0.05) is 47.2 Å². The summed E-state index contributed by atoms with van der Waals surface area (Å²) in [6, 6.07) is 15.2. The number of unbranched alkanes of at least 4 members (excludes halogenated alkanes) is 1. The molecule has 1 saturated carbocycles. The molecule has 0 amide bonds. The van der Waals surface area contributed by atoms with Gasteiger partial charge in [-0.2, -0.15) is 0 Å². The van der Waals surface area contributed by atoms with Crippen LogP contribution >= 0.6 is 15.9 Å². The normalized spacial score (nSPS) is 14.3. The molecule has 0 radical (unpaired) electrons. The molecule has 1 aliphatic rings. The van der Waals surface area contributed by atoms with E-state index >= 15 is 0 Å². The summed E-state index contributed by atoms with van der Waals surface area (Å²) >= 11 is 3.56. The Morgan fingerprint density at radius 3 is 2.42 bits per heavy atom. The molecular weight excluding hydrogens is 450 g/mol. The zero-order chi connectivity index (χ0) is 22.0. The van der Waals surface area contributed by atoms with Gasteiger partial charge < -0.3 is 14.3 Å². The lowest BCUT2D eigenvalue weighted by molar-refractivity contribution is 0.393. The van der Waals surface area contributed by atoms with Gasteiger partial charge in [0.05, 0.1) is 5.69 Å². The maximum Gasteiger partial charge on any atom is 0.258 e. The maximum absolute atomic E-state index is 7.54. The highest BCUT2D eigenvalue weighted by Crippen LogP contribution is 2.50. The number of alkyl halides is 1. The summed E-state index contributed by atoms with van der Waals surface area (Å²) in [5.41, 5.74) is 7.60. The van der Waals surface area contributed by atoms with Crippen LogP contribution in [0.25, 0.3) is 16.0 Å². The van der Waals surface area contributed by atoms with Gasteiger partial charge in [0.25, 0.3) is 5.54 Å². The van der Waals surface area contributed by atoms with E-state index in [9.17, 15) is 0 Å². The van der Waals surface area contributed by atoms with Gasteiger partial charge in [-0.15, -0.1) is 0 Å². The van der Waals surface area contributed by atoms with E-state index in [0.29, 0.717) is 0 Å². The Morgan fingerprint density at radius 2 is 1.84 bits per heavy atom. The molecule has 0 atom stereocenters. The van der Waals surface area contributed by atoms with Crippen molar-refractivity contribution in [1.29, 1.82) is 0 Å². The second kappa shape index (κ2) is 8.88. The molecule has 0 aliphatic heterocycles. The smallest absolute Gasteiger partial charge is 0.258 e. The van der Waals surface area contributed by atoms with Crippen molar-refractivity contribution in [2.45, 2.75) is 52.0 Å². The Morgan fingerprint density at radius 1 is 1.10 bits per heavy atom. The van der Waals surface area contributed by atoms with Gasteiger partial charge >= 0.3 is 0 Å². The van der Waals surface area contributed by atoms with Gasteiger partial charge in [0.1, 0.15) is 5.76 Å². The van der Waals surface area contributed by atoms with Crippen LogP contribution in [0.15, 0.2) is 47.0 Å². The van der Waals surface area contributed by atoms with E-state index in [1.54, 1.807) is 0 Å². The summed E-state index contributed by atoms with van der Waals surface area (Å²) in [5, 5.41) is 5.14. The number of rotatable bonds is 8. The first-order chi connectivity index (χ1) is 15.0. The van der Waals surface area contributed by atoms with Crippen LogP contribution in [0.2, 0.25) is 0 Å². The number of aryl methyl sites for hydroxylation is 3. The molecule has 1 fully saturated rings. The average Bonchev–Trinajstić information content (AvgIpc) is 3.51. The standard InChI is InChI=1S/C26H28BrN3O/c1-18-7-8-21(25-19(2)29-31-20(25)3)17-24(18)30(16-6-5-15-27)23-11-9-22(10-12-23)26(28-4)13-14-26/h7-12,17H,5-6,13-16H2,1-3H3. The molecule has 1 aromatic heterocycles. The molecule has 2 aromatic carbocycles. The van der Waals surface area contributed by atoms with Gasteiger partial charge in [-0.1, -0.05) is 33.2 Å². The third-order valence-electron chi connectivity index (χ3n) is 6.24. The lowest BCUT2D eigenvalue weighted by Crippen LogP contribution is -2.20. The Kier molecular flexibility index (Phi) is 6.20. The molecule has 1 heterocycles. The molecule has 3 aromatic rings. The van der Waals surface area contributed by atoms with Gasteiger partial charge in [0.15, 0.2) is 0 Å². The van der Waals surface area contributed by atoms with E-state index < -0.39 is 0 Å². The van der Waals surface area contributed by atoms with E-state index in [1.165, 1.54) is 11.3 Å². The fourth-order valence-corrected chi connectivity index (χ4v) is 4.64. The van der Waals surface area contributed by atoms with Crippen LogP contribution < -0.4 is 4.90 Å². The van der Waals surface area contributed by atoms with Crippen LogP contribution in [0.5, 0.6) is 0 Å². The summed E-state index contributed by atoms with van der Waals surface area (Å²) in [7, 11) is 0. The first-order valence-electron chi connectivity index (χ1n) is 10.9. The highest BCUT2D eigenvalue weighted by molar-refractivity contribution is 9.09. The average molecular weight is 478 g/mol. The van der Waals surface area contributed by atoms with Crippen LogP contribution in [0.3, 0.4) is 0 Å². The molecule has 4 nitrogen and oxygen atoms in total. The molecule has 4 rings (SSSR count). The number of aromatic nitrogens is 1. The van der Waals surface area contributed by atoms with Crippen LogP contribution in [0, 0.1) is 27.3 Å². The minimum atomic E-state index is -0.265. The number of anilines is 2. The molecule has 0 saturated heterocycles. The van der Waals surface area contributed by atoms with Crippen molar-refractivity contribution in [2.75, 3.05) is 16.8 Å². The van der Waals surface area contributed by atoms with Crippen molar-refractivity contribution in [2.24, 2.45) is 0 Å². The first-order valence-corrected chi connectivity index (χ1v) is 12.0. The molecular formula is C26H28BrN3O. The lowest BCUT2D eigenvalue weighted by atomic mass is 10.00. The number of benzene rings is 2. The zero-order valence-electron chi connectivity index (χ0n) is 18.4. The third kappa shape index (κ3) is 4.27. The summed E-state index contributed by atoms with van der Waals surface area (Å²) in [4.78, 5) is 6.29. The van der Waals surface area contributed by atoms with E-state index in [2.05, 4.69) is 80.2 Å². The predicted octanol–water partition coefficient (Wildman–Crippen LogP) is 7.49. The van der Waals surface area contributed by atoms with Gasteiger partial charge in [-0.3, -0.25) is 0 Å². The lowest BCUT2D eigenvalue weighted by Gasteiger charge is -2.27. The predicted molar refractivity (Wildman–Crippen MR) is 130 cm³/mol. The molecule has 31 heavy (non-hydrogen) atoms. The quantitative estimate of drug-likeness (QED) is 0.191. The Bertz CT molecular complexity index is 1090. The summed E-state index contributed by atoms with van der Waals surface area (Å²) < 4.78 is 5.41. The Labute approximate surface area is 193 Å². The van der Waals surface area contributed by atoms with Gasteiger partial charge in [0.2, 0.25) is 0 Å². The van der Waals surface area contributed by atoms with Crippen LogP contribution in [-0.4, -0.2) is 17.0 Å². The van der Waals surface area contributed by atoms with E-state index in [1.807, 2.05) is 13.8 Å². The second-order valence-corrected chi connectivity index (χ2v) is 9.23. The van der Waals surface area contributed by atoms with Crippen molar-refractivity contribution in [1.82, 2.24) is 5.16 Å². The molecule has 160 valence electrons. The second-order valence-electron chi connectivity index (χ2n) is 8.44. The molecule has 0 spiro atoms. The van der Waals surface area contributed by atoms with Gasteiger partial charge in [-0.05, 0) is 75.1 Å². The number of hydrogen-bond acceptors (Lipinski definition) is 3. The maximum atomic E-state index is 7.54. The van der Waals surface area contributed by atoms with E-state index in [-0.39, 0.29) is 5.54 Å². The topological polar surface area (TPSA) is 33.6 Å². The Balaban J connectivity index is 1.73. The third-order valence-corrected chi connectivity index (χ3v) is 6.80. The molecule has 0 unspecified atom stereocenters. The first kappa shape index (κ1) is 21.6.